The van der Waals surface area contributed by atoms with E-state index in [0.717, 1.165) is 30.5 Å². The molecule has 0 radical (unpaired) electrons. The quantitative estimate of drug-likeness (QED) is 0.896. The third kappa shape index (κ3) is 3.43. The fourth-order valence-electron chi connectivity index (χ4n) is 3.48. The molecule has 3 rings (SSSR count). The molecular weight excluding hydrogens is 267 g/mol. The molecule has 1 saturated carbocycles. The van der Waals surface area contributed by atoms with E-state index in [9.17, 15) is 9.18 Å². The summed E-state index contributed by atoms with van der Waals surface area (Å²) < 4.78 is 14.5. The number of fused-ring (bicyclic) bond motifs is 1. The van der Waals surface area contributed by atoms with Crippen LogP contribution in [0.15, 0.2) is 12.1 Å². The monoisotopic (exact) mass is 290 g/mol. The molecule has 4 heteroatoms. The zero-order chi connectivity index (χ0) is 14.7. The Bertz CT molecular complexity index is 524. The van der Waals surface area contributed by atoms with Gasteiger partial charge in [-0.1, -0.05) is 25.3 Å². The summed E-state index contributed by atoms with van der Waals surface area (Å²) in [5.74, 6) is 0.185. The lowest BCUT2D eigenvalue weighted by Crippen LogP contribution is -2.25. The Morgan fingerprint density at radius 3 is 2.90 bits per heavy atom. The number of hydrogen-bond acceptors (Lipinski definition) is 2. The lowest BCUT2D eigenvalue weighted by molar-refractivity contribution is -0.117. The number of rotatable bonds is 3. The van der Waals surface area contributed by atoms with Crippen molar-refractivity contribution in [2.24, 2.45) is 5.92 Å². The van der Waals surface area contributed by atoms with Crippen molar-refractivity contribution in [3.63, 3.8) is 0 Å². The number of amides is 1. The summed E-state index contributed by atoms with van der Waals surface area (Å²) in [6, 6.07) is 3.61. The molecule has 0 aromatic heterocycles. The number of carbonyl (C=O) groups is 1. The molecule has 1 aliphatic carbocycles. The van der Waals surface area contributed by atoms with Gasteiger partial charge in [-0.25, -0.2) is 4.39 Å². The van der Waals surface area contributed by atoms with E-state index < -0.39 is 0 Å². The molecule has 21 heavy (non-hydrogen) atoms. The van der Waals surface area contributed by atoms with Gasteiger partial charge in [-0.3, -0.25) is 4.79 Å². The average molecular weight is 290 g/mol. The predicted octanol–water partition coefficient (Wildman–Crippen LogP) is 3.38. The van der Waals surface area contributed by atoms with Crippen molar-refractivity contribution < 1.29 is 9.18 Å². The van der Waals surface area contributed by atoms with Gasteiger partial charge in [0.15, 0.2) is 0 Å². The Balaban J connectivity index is 1.65. The van der Waals surface area contributed by atoms with E-state index in [1.807, 2.05) is 6.07 Å². The smallest absolute Gasteiger partial charge is 0.224 e. The van der Waals surface area contributed by atoms with Crippen LogP contribution in [0.1, 0.15) is 49.7 Å². The number of benzene rings is 1. The Morgan fingerprint density at radius 1 is 1.29 bits per heavy atom. The second kappa shape index (κ2) is 6.56. The Hall–Kier alpha value is -1.42. The number of carbonyl (C=O) groups excluding carboxylic acids is 1. The molecule has 0 atom stereocenters. The molecule has 2 aliphatic rings. The first-order valence-corrected chi connectivity index (χ1v) is 8.05. The summed E-state index contributed by atoms with van der Waals surface area (Å²) in [7, 11) is 0. The Kier molecular flexibility index (Phi) is 4.54. The van der Waals surface area contributed by atoms with Crippen LogP contribution in [0, 0.1) is 11.7 Å². The first-order valence-electron chi connectivity index (χ1n) is 8.05. The van der Waals surface area contributed by atoms with Crippen LogP contribution >= 0.6 is 0 Å². The summed E-state index contributed by atoms with van der Waals surface area (Å²) in [6.07, 6.45) is 7.20. The van der Waals surface area contributed by atoms with E-state index in [1.54, 1.807) is 6.07 Å². The highest BCUT2D eigenvalue weighted by molar-refractivity contribution is 5.91. The minimum absolute atomic E-state index is 0.0466. The van der Waals surface area contributed by atoms with Crippen molar-refractivity contribution >= 4 is 11.6 Å². The molecule has 1 aromatic rings. The number of halogens is 1. The molecule has 114 valence electrons. The third-order valence-electron chi connectivity index (χ3n) is 4.68. The fourth-order valence-corrected chi connectivity index (χ4v) is 3.48. The molecule has 1 aliphatic heterocycles. The Morgan fingerprint density at radius 2 is 2.10 bits per heavy atom. The minimum Gasteiger partial charge on any atom is -0.324 e. The van der Waals surface area contributed by atoms with Crippen LogP contribution in [-0.2, 0) is 17.8 Å². The third-order valence-corrected chi connectivity index (χ3v) is 4.68. The summed E-state index contributed by atoms with van der Waals surface area (Å²) in [5, 5.41) is 6.00. The van der Waals surface area contributed by atoms with Crippen LogP contribution in [0.5, 0.6) is 0 Å². The van der Waals surface area contributed by atoms with Crippen molar-refractivity contribution in [2.75, 3.05) is 11.9 Å². The molecule has 1 fully saturated rings. The summed E-state index contributed by atoms with van der Waals surface area (Å²) in [6.45, 7) is 1.51. The topological polar surface area (TPSA) is 41.1 Å². The molecule has 0 saturated heterocycles. The summed E-state index contributed by atoms with van der Waals surface area (Å²) in [4.78, 5) is 12.1. The maximum atomic E-state index is 14.5. The van der Waals surface area contributed by atoms with E-state index in [2.05, 4.69) is 10.6 Å². The van der Waals surface area contributed by atoms with Crippen molar-refractivity contribution in [2.45, 2.75) is 51.5 Å². The zero-order valence-corrected chi connectivity index (χ0v) is 12.4. The number of anilines is 1. The van der Waals surface area contributed by atoms with Gasteiger partial charge in [0.2, 0.25) is 5.91 Å². The first kappa shape index (κ1) is 14.5. The second-order valence-electron chi connectivity index (χ2n) is 6.25. The molecule has 2 N–H and O–H groups in total. The van der Waals surface area contributed by atoms with Crippen molar-refractivity contribution in [1.29, 1.82) is 0 Å². The molecule has 0 spiro atoms. The van der Waals surface area contributed by atoms with Crippen LogP contribution in [-0.4, -0.2) is 12.5 Å². The lowest BCUT2D eigenvalue weighted by atomic mass is 9.87. The summed E-state index contributed by atoms with van der Waals surface area (Å²) >= 11 is 0. The van der Waals surface area contributed by atoms with E-state index in [4.69, 9.17) is 0 Å². The lowest BCUT2D eigenvalue weighted by Gasteiger charge is -2.22. The van der Waals surface area contributed by atoms with Gasteiger partial charge in [0.25, 0.3) is 0 Å². The van der Waals surface area contributed by atoms with E-state index in [-0.39, 0.29) is 11.7 Å². The first-order chi connectivity index (χ1) is 10.2. The van der Waals surface area contributed by atoms with Gasteiger partial charge >= 0.3 is 0 Å². The Labute approximate surface area is 125 Å². The highest BCUT2D eigenvalue weighted by atomic mass is 19.1. The van der Waals surface area contributed by atoms with E-state index >= 15 is 0 Å². The normalized spacial score (nSPS) is 19.1. The molecule has 0 bridgehead atoms. The van der Waals surface area contributed by atoms with Crippen molar-refractivity contribution in [3.8, 4) is 0 Å². The SMILES string of the molecule is O=C(CC1CCCCC1)Nc1ccc2c(c1F)CCNC2. The van der Waals surface area contributed by atoms with Gasteiger partial charge in [0, 0.05) is 13.0 Å². The van der Waals surface area contributed by atoms with Crippen LogP contribution in [0.2, 0.25) is 0 Å². The standard InChI is InChI=1S/C17H23FN2O/c18-17-14-8-9-19-11-13(14)6-7-15(17)20-16(21)10-12-4-2-1-3-5-12/h6-7,12,19H,1-5,8-11H2,(H,20,21). The predicted molar refractivity (Wildman–Crippen MR) is 81.6 cm³/mol. The van der Waals surface area contributed by atoms with Gasteiger partial charge in [0.1, 0.15) is 5.82 Å². The van der Waals surface area contributed by atoms with E-state index in [0.29, 0.717) is 31.0 Å². The zero-order valence-electron chi connectivity index (χ0n) is 12.4. The second-order valence-corrected chi connectivity index (χ2v) is 6.25. The van der Waals surface area contributed by atoms with Gasteiger partial charge < -0.3 is 10.6 Å². The van der Waals surface area contributed by atoms with Gasteiger partial charge in [-0.15, -0.1) is 0 Å². The van der Waals surface area contributed by atoms with Crippen LogP contribution in [0.25, 0.3) is 0 Å². The molecular formula is C17H23FN2O. The maximum Gasteiger partial charge on any atom is 0.224 e. The van der Waals surface area contributed by atoms with E-state index in [1.165, 1.54) is 19.3 Å². The van der Waals surface area contributed by atoms with Gasteiger partial charge in [0.05, 0.1) is 5.69 Å². The summed E-state index contributed by atoms with van der Waals surface area (Å²) in [5.41, 5.74) is 2.10. The van der Waals surface area contributed by atoms with Gasteiger partial charge in [-0.2, -0.15) is 0 Å². The molecule has 3 nitrogen and oxygen atoms in total. The highest BCUT2D eigenvalue weighted by Gasteiger charge is 2.20. The van der Waals surface area contributed by atoms with Crippen molar-refractivity contribution in [3.05, 3.63) is 29.1 Å². The van der Waals surface area contributed by atoms with Crippen LogP contribution in [0.3, 0.4) is 0 Å². The van der Waals surface area contributed by atoms with Crippen LogP contribution < -0.4 is 10.6 Å². The fraction of sp³-hybridized carbons (Fsp3) is 0.588. The highest BCUT2D eigenvalue weighted by Crippen LogP contribution is 2.28. The largest absolute Gasteiger partial charge is 0.324 e. The maximum absolute atomic E-state index is 14.5. The van der Waals surface area contributed by atoms with Crippen molar-refractivity contribution in [1.82, 2.24) is 5.32 Å². The minimum atomic E-state index is -0.244. The molecule has 1 aromatic carbocycles. The number of hydrogen-bond donors (Lipinski definition) is 2. The number of nitrogens with one attached hydrogen (secondary N) is 2. The van der Waals surface area contributed by atoms with Gasteiger partial charge in [-0.05, 0) is 48.9 Å². The molecule has 0 unspecified atom stereocenters. The molecule has 1 amide bonds. The van der Waals surface area contributed by atoms with Crippen LogP contribution in [0.4, 0.5) is 10.1 Å². The average Bonchev–Trinajstić information content (AvgIpc) is 2.51. The molecule has 1 heterocycles.